The molecule has 1 aromatic rings. The molecule has 0 amide bonds. The van der Waals surface area contributed by atoms with Crippen molar-refractivity contribution in [2.24, 2.45) is 10.7 Å². The van der Waals surface area contributed by atoms with Crippen molar-refractivity contribution in [1.82, 2.24) is 5.32 Å². The molecule has 0 aliphatic rings. The van der Waals surface area contributed by atoms with Crippen LogP contribution in [-0.4, -0.2) is 24.7 Å². The second-order valence-corrected chi connectivity index (χ2v) is 4.60. The molecule has 1 unspecified atom stereocenters. The summed E-state index contributed by atoms with van der Waals surface area (Å²) in [6.45, 7) is 6.33. The first-order chi connectivity index (χ1) is 9.02. The predicted molar refractivity (Wildman–Crippen MR) is 75.9 cm³/mol. The van der Waals surface area contributed by atoms with Crippen molar-refractivity contribution < 1.29 is 9.13 Å². The molecule has 106 valence electrons. The number of hydrogen-bond acceptors (Lipinski definition) is 2. The summed E-state index contributed by atoms with van der Waals surface area (Å²) in [6, 6.07) is 6.59. The van der Waals surface area contributed by atoms with Gasteiger partial charge in [-0.1, -0.05) is 19.1 Å². The van der Waals surface area contributed by atoms with Gasteiger partial charge in [0.05, 0.1) is 6.54 Å². The van der Waals surface area contributed by atoms with Gasteiger partial charge >= 0.3 is 0 Å². The van der Waals surface area contributed by atoms with Gasteiger partial charge in [0.25, 0.3) is 0 Å². The Bertz CT molecular complexity index is 421. The second-order valence-electron chi connectivity index (χ2n) is 4.60. The molecular weight excluding hydrogens is 245 g/mol. The zero-order valence-corrected chi connectivity index (χ0v) is 11.7. The van der Waals surface area contributed by atoms with Crippen LogP contribution in [-0.2, 0) is 0 Å². The van der Waals surface area contributed by atoms with E-state index in [0.29, 0.717) is 12.5 Å². The average molecular weight is 267 g/mol. The number of nitrogens with zero attached hydrogens (tertiary/aromatic N) is 1. The minimum Gasteiger partial charge on any atom is -0.485 e. The maximum absolute atomic E-state index is 13.5. The molecule has 0 aliphatic carbocycles. The summed E-state index contributed by atoms with van der Waals surface area (Å²) in [5.41, 5.74) is 5.71. The van der Waals surface area contributed by atoms with E-state index in [1.54, 1.807) is 18.2 Å². The monoisotopic (exact) mass is 267 g/mol. The molecular formula is C14H22FN3O. The highest BCUT2D eigenvalue weighted by Crippen LogP contribution is 2.18. The number of hydrogen-bond donors (Lipinski definition) is 2. The fraction of sp³-hybridized carbons (Fsp3) is 0.500. The standard InChI is InChI=1S/C14H22FN3O/c1-4-11(9-17-14(16)18-10(2)3)19-13-8-6-5-7-12(13)15/h5-8,10-11H,4,9H2,1-3H3,(H3,16,17,18). The topological polar surface area (TPSA) is 59.6 Å². The Hall–Kier alpha value is -1.78. The fourth-order valence-corrected chi connectivity index (χ4v) is 1.51. The summed E-state index contributed by atoms with van der Waals surface area (Å²) in [6.07, 6.45) is 0.539. The molecule has 0 aromatic heterocycles. The molecule has 0 radical (unpaired) electrons. The number of benzene rings is 1. The quantitative estimate of drug-likeness (QED) is 0.614. The van der Waals surface area contributed by atoms with E-state index in [0.717, 1.165) is 6.42 Å². The van der Waals surface area contributed by atoms with Crippen molar-refractivity contribution in [1.29, 1.82) is 0 Å². The molecule has 1 rings (SSSR count). The van der Waals surface area contributed by atoms with Crippen LogP contribution in [0.1, 0.15) is 27.2 Å². The van der Waals surface area contributed by atoms with Gasteiger partial charge < -0.3 is 15.8 Å². The first-order valence-electron chi connectivity index (χ1n) is 6.50. The highest BCUT2D eigenvalue weighted by atomic mass is 19.1. The molecule has 4 nitrogen and oxygen atoms in total. The van der Waals surface area contributed by atoms with Crippen LogP contribution in [0.5, 0.6) is 5.75 Å². The number of rotatable bonds is 6. The van der Waals surface area contributed by atoms with Crippen LogP contribution in [0.25, 0.3) is 0 Å². The SMILES string of the molecule is CCC(CN=C(N)NC(C)C)Oc1ccccc1F. The van der Waals surface area contributed by atoms with E-state index in [1.807, 2.05) is 20.8 Å². The molecule has 0 saturated carbocycles. The van der Waals surface area contributed by atoms with E-state index in [-0.39, 0.29) is 23.7 Å². The van der Waals surface area contributed by atoms with E-state index >= 15 is 0 Å². The highest BCUT2D eigenvalue weighted by Gasteiger charge is 2.10. The Morgan fingerprint density at radius 2 is 2.11 bits per heavy atom. The number of ether oxygens (including phenoxy) is 1. The molecule has 1 aromatic carbocycles. The van der Waals surface area contributed by atoms with Crippen LogP contribution in [0.2, 0.25) is 0 Å². The van der Waals surface area contributed by atoms with Crippen LogP contribution < -0.4 is 15.8 Å². The van der Waals surface area contributed by atoms with Gasteiger partial charge in [0.2, 0.25) is 0 Å². The molecule has 5 heteroatoms. The Kier molecular flexibility index (Phi) is 6.12. The van der Waals surface area contributed by atoms with E-state index in [4.69, 9.17) is 10.5 Å². The molecule has 19 heavy (non-hydrogen) atoms. The third-order valence-corrected chi connectivity index (χ3v) is 2.49. The first-order valence-corrected chi connectivity index (χ1v) is 6.50. The summed E-state index contributed by atoms with van der Waals surface area (Å²) in [5, 5.41) is 3.00. The van der Waals surface area contributed by atoms with Gasteiger partial charge in [-0.2, -0.15) is 0 Å². The third-order valence-electron chi connectivity index (χ3n) is 2.49. The number of guanidine groups is 1. The smallest absolute Gasteiger partial charge is 0.188 e. The van der Waals surface area contributed by atoms with E-state index in [1.165, 1.54) is 6.07 Å². The third kappa shape index (κ3) is 5.59. The minimum atomic E-state index is -0.363. The maximum Gasteiger partial charge on any atom is 0.188 e. The van der Waals surface area contributed by atoms with Crippen LogP contribution in [0, 0.1) is 5.82 Å². The van der Waals surface area contributed by atoms with Gasteiger partial charge in [-0.25, -0.2) is 9.38 Å². The van der Waals surface area contributed by atoms with Crippen molar-refractivity contribution in [2.45, 2.75) is 39.3 Å². The Balaban J connectivity index is 2.57. The van der Waals surface area contributed by atoms with Crippen LogP contribution in [0.4, 0.5) is 4.39 Å². The number of para-hydroxylation sites is 1. The van der Waals surface area contributed by atoms with Gasteiger partial charge in [0, 0.05) is 6.04 Å². The van der Waals surface area contributed by atoms with Gasteiger partial charge in [-0.05, 0) is 32.4 Å². The number of nitrogens with two attached hydrogens (primary N) is 1. The molecule has 0 bridgehead atoms. The maximum atomic E-state index is 13.5. The van der Waals surface area contributed by atoms with E-state index < -0.39 is 0 Å². The molecule has 0 aliphatic heterocycles. The van der Waals surface area contributed by atoms with E-state index in [9.17, 15) is 4.39 Å². The number of nitrogens with one attached hydrogen (secondary N) is 1. The lowest BCUT2D eigenvalue weighted by Crippen LogP contribution is -2.37. The fourth-order valence-electron chi connectivity index (χ4n) is 1.51. The lowest BCUT2D eigenvalue weighted by atomic mass is 10.2. The van der Waals surface area contributed by atoms with E-state index in [2.05, 4.69) is 10.3 Å². The predicted octanol–water partition coefficient (Wildman–Crippen LogP) is 2.30. The zero-order chi connectivity index (χ0) is 14.3. The lowest BCUT2D eigenvalue weighted by molar-refractivity contribution is 0.197. The van der Waals surface area contributed by atoms with Crippen molar-refractivity contribution in [3.63, 3.8) is 0 Å². The summed E-state index contributed by atoms with van der Waals surface area (Å²) in [5.74, 6) is 0.267. The molecule has 0 fully saturated rings. The van der Waals surface area contributed by atoms with Gasteiger partial charge in [-0.3, -0.25) is 0 Å². The number of halogens is 1. The average Bonchev–Trinajstić information content (AvgIpc) is 2.35. The second kappa shape index (κ2) is 7.61. The summed E-state index contributed by atoms with van der Waals surface area (Å²) < 4.78 is 19.0. The highest BCUT2D eigenvalue weighted by molar-refractivity contribution is 5.78. The van der Waals surface area contributed by atoms with Crippen LogP contribution in [0.15, 0.2) is 29.3 Å². The summed E-state index contributed by atoms with van der Waals surface area (Å²) in [4.78, 5) is 4.20. The molecule has 3 N–H and O–H groups in total. The largest absolute Gasteiger partial charge is 0.485 e. The number of aliphatic imine (C=N–C) groups is 1. The summed E-state index contributed by atoms with van der Waals surface area (Å²) in [7, 11) is 0. The van der Waals surface area contributed by atoms with Crippen LogP contribution in [0.3, 0.4) is 0 Å². The van der Waals surface area contributed by atoms with Crippen molar-refractivity contribution in [2.75, 3.05) is 6.54 Å². The van der Waals surface area contributed by atoms with Gasteiger partial charge in [-0.15, -0.1) is 0 Å². The molecule has 0 saturated heterocycles. The van der Waals surface area contributed by atoms with Crippen molar-refractivity contribution >= 4 is 5.96 Å². The molecule has 1 atom stereocenters. The van der Waals surface area contributed by atoms with Gasteiger partial charge in [0.1, 0.15) is 6.10 Å². The van der Waals surface area contributed by atoms with Gasteiger partial charge in [0.15, 0.2) is 17.5 Å². The lowest BCUT2D eigenvalue weighted by Gasteiger charge is -2.17. The summed E-state index contributed by atoms with van der Waals surface area (Å²) >= 11 is 0. The zero-order valence-electron chi connectivity index (χ0n) is 11.7. The van der Waals surface area contributed by atoms with Crippen molar-refractivity contribution in [3.05, 3.63) is 30.1 Å². The molecule has 0 heterocycles. The van der Waals surface area contributed by atoms with Crippen molar-refractivity contribution in [3.8, 4) is 5.75 Å². The normalized spacial score (nSPS) is 13.4. The Morgan fingerprint density at radius 3 is 2.68 bits per heavy atom. The Morgan fingerprint density at radius 1 is 1.42 bits per heavy atom. The Labute approximate surface area is 113 Å². The minimum absolute atomic E-state index is 0.190. The molecule has 0 spiro atoms. The van der Waals surface area contributed by atoms with Crippen LogP contribution >= 0.6 is 0 Å². The first kappa shape index (κ1) is 15.3.